The Bertz CT molecular complexity index is 897. The molecule has 1 N–H and O–H groups in total. The third-order valence-corrected chi connectivity index (χ3v) is 3.82. The van der Waals surface area contributed by atoms with E-state index < -0.39 is 0 Å². The van der Waals surface area contributed by atoms with Crippen LogP contribution in [0.15, 0.2) is 35.0 Å². The fourth-order valence-corrected chi connectivity index (χ4v) is 2.25. The third-order valence-electron chi connectivity index (χ3n) is 3.08. The lowest BCUT2D eigenvalue weighted by Gasteiger charge is -2.05. The predicted octanol–water partition coefficient (Wildman–Crippen LogP) is 3.07. The van der Waals surface area contributed by atoms with E-state index in [0.29, 0.717) is 27.5 Å². The van der Waals surface area contributed by atoms with Gasteiger partial charge in [-0.2, -0.15) is 0 Å². The topological polar surface area (TPSA) is 93.8 Å². The summed E-state index contributed by atoms with van der Waals surface area (Å²) in [7, 11) is 0. The molecule has 0 saturated heterocycles. The monoisotopic (exact) mass is 363 g/mol. The van der Waals surface area contributed by atoms with Gasteiger partial charge in [-0.3, -0.25) is 4.79 Å². The molecule has 0 saturated carbocycles. The molecule has 7 nitrogen and oxygen atoms in total. The molecule has 2 aromatic heterocycles. The number of halogens is 2. The zero-order valence-corrected chi connectivity index (χ0v) is 14.0. The predicted molar refractivity (Wildman–Crippen MR) is 87.7 cm³/mol. The minimum Gasteiger partial charge on any atom is -0.424 e. The second kappa shape index (κ2) is 6.94. The van der Waals surface area contributed by atoms with Gasteiger partial charge in [0.05, 0.1) is 22.3 Å². The summed E-state index contributed by atoms with van der Waals surface area (Å²) in [5.74, 6) is 0.373. The maximum absolute atomic E-state index is 12.2. The average molecular weight is 364 g/mol. The van der Waals surface area contributed by atoms with Crippen LogP contribution < -0.4 is 5.32 Å². The highest BCUT2D eigenvalue weighted by molar-refractivity contribution is 6.42. The Kier molecular flexibility index (Phi) is 4.73. The SMILES string of the molecule is Cc1nnc(CNC(=O)c2cc(-c3ccc(Cl)c(Cl)c3)ncn2)o1. The first-order chi connectivity index (χ1) is 11.5. The van der Waals surface area contributed by atoms with Gasteiger partial charge in [0, 0.05) is 12.5 Å². The Morgan fingerprint density at radius 2 is 2.00 bits per heavy atom. The van der Waals surface area contributed by atoms with Gasteiger partial charge in [-0.1, -0.05) is 29.3 Å². The molecule has 0 aliphatic carbocycles. The van der Waals surface area contributed by atoms with E-state index in [1.54, 1.807) is 31.2 Å². The number of hydrogen-bond donors (Lipinski definition) is 1. The quantitative estimate of drug-likeness (QED) is 0.765. The maximum Gasteiger partial charge on any atom is 0.270 e. The summed E-state index contributed by atoms with van der Waals surface area (Å²) in [6.07, 6.45) is 1.31. The van der Waals surface area contributed by atoms with Crippen molar-refractivity contribution in [1.29, 1.82) is 0 Å². The van der Waals surface area contributed by atoms with Crippen LogP contribution in [0.3, 0.4) is 0 Å². The summed E-state index contributed by atoms with van der Waals surface area (Å²) in [4.78, 5) is 20.3. The molecule has 24 heavy (non-hydrogen) atoms. The van der Waals surface area contributed by atoms with Crippen molar-refractivity contribution in [2.45, 2.75) is 13.5 Å². The van der Waals surface area contributed by atoms with Gasteiger partial charge in [-0.05, 0) is 18.2 Å². The molecule has 2 heterocycles. The second-order valence-corrected chi connectivity index (χ2v) is 5.63. The molecule has 0 atom stereocenters. The smallest absolute Gasteiger partial charge is 0.270 e. The van der Waals surface area contributed by atoms with Crippen LogP contribution in [-0.2, 0) is 6.54 Å². The molecule has 0 aliphatic rings. The molecule has 0 bridgehead atoms. The van der Waals surface area contributed by atoms with Crippen LogP contribution >= 0.6 is 23.2 Å². The second-order valence-electron chi connectivity index (χ2n) is 4.81. The highest BCUT2D eigenvalue weighted by Crippen LogP contribution is 2.27. The number of aryl methyl sites for hydroxylation is 1. The molecule has 0 unspecified atom stereocenters. The van der Waals surface area contributed by atoms with E-state index in [2.05, 4.69) is 25.5 Å². The maximum atomic E-state index is 12.2. The molecular weight excluding hydrogens is 353 g/mol. The number of rotatable bonds is 4. The Morgan fingerprint density at radius 1 is 1.17 bits per heavy atom. The first-order valence-electron chi connectivity index (χ1n) is 6.87. The number of hydrogen-bond acceptors (Lipinski definition) is 6. The number of carbonyl (C=O) groups excluding carboxylic acids is 1. The number of nitrogens with zero attached hydrogens (tertiary/aromatic N) is 4. The van der Waals surface area contributed by atoms with E-state index in [0.717, 1.165) is 5.56 Å². The molecule has 0 aliphatic heterocycles. The molecule has 0 fully saturated rings. The first kappa shape index (κ1) is 16.4. The molecule has 3 rings (SSSR count). The van der Waals surface area contributed by atoms with E-state index >= 15 is 0 Å². The van der Waals surface area contributed by atoms with Crippen LogP contribution in [0.5, 0.6) is 0 Å². The van der Waals surface area contributed by atoms with Gasteiger partial charge in [0.2, 0.25) is 11.8 Å². The number of aromatic nitrogens is 4. The minimum absolute atomic E-state index is 0.117. The van der Waals surface area contributed by atoms with Gasteiger partial charge >= 0.3 is 0 Å². The van der Waals surface area contributed by atoms with Gasteiger partial charge < -0.3 is 9.73 Å². The highest BCUT2D eigenvalue weighted by Gasteiger charge is 2.12. The minimum atomic E-state index is -0.380. The van der Waals surface area contributed by atoms with Crippen molar-refractivity contribution in [3.05, 3.63) is 58.1 Å². The number of nitrogens with one attached hydrogen (secondary N) is 1. The van der Waals surface area contributed by atoms with Crippen molar-refractivity contribution in [2.75, 3.05) is 0 Å². The van der Waals surface area contributed by atoms with E-state index in [1.165, 1.54) is 6.33 Å². The highest BCUT2D eigenvalue weighted by atomic mass is 35.5. The number of benzene rings is 1. The molecular formula is C15H11Cl2N5O2. The lowest BCUT2D eigenvalue weighted by Crippen LogP contribution is -2.24. The summed E-state index contributed by atoms with van der Waals surface area (Å²) in [6.45, 7) is 1.79. The van der Waals surface area contributed by atoms with Gasteiger partial charge in [-0.15, -0.1) is 10.2 Å². The van der Waals surface area contributed by atoms with Gasteiger partial charge in [-0.25, -0.2) is 9.97 Å². The van der Waals surface area contributed by atoms with E-state index in [1.807, 2.05) is 0 Å². The Balaban J connectivity index is 1.76. The van der Waals surface area contributed by atoms with Crippen LogP contribution in [0.25, 0.3) is 11.3 Å². The average Bonchev–Trinajstić information content (AvgIpc) is 3.00. The van der Waals surface area contributed by atoms with Crippen molar-refractivity contribution in [3.63, 3.8) is 0 Å². The summed E-state index contributed by atoms with van der Waals surface area (Å²) in [5.41, 5.74) is 1.50. The Hall–Kier alpha value is -2.51. The van der Waals surface area contributed by atoms with Crippen molar-refractivity contribution < 1.29 is 9.21 Å². The summed E-state index contributed by atoms with van der Waals surface area (Å²) in [5, 5.41) is 11.0. The molecule has 1 amide bonds. The normalized spacial score (nSPS) is 10.6. The van der Waals surface area contributed by atoms with Crippen LogP contribution in [0.2, 0.25) is 10.0 Å². The first-order valence-corrected chi connectivity index (χ1v) is 7.63. The zero-order chi connectivity index (χ0) is 17.1. The summed E-state index contributed by atoms with van der Waals surface area (Å²) in [6, 6.07) is 6.67. The number of amides is 1. The van der Waals surface area contributed by atoms with E-state index in [-0.39, 0.29) is 18.1 Å². The largest absolute Gasteiger partial charge is 0.424 e. The van der Waals surface area contributed by atoms with Crippen molar-refractivity contribution in [2.24, 2.45) is 0 Å². The lowest BCUT2D eigenvalue weighted by atomic mass is 10.1. The van der Waals surface area contributed by atoms with Crippen molar-refractivity contribution in [3.8, 4) is 11.3 Å². The van der Waals surface area contributed by atoms with E-state index in [9.17, 15) is 4.79 Å². The van der Waals surface area contributed by atoms with Crippen molar-refractivity contribution >= 4 is 29.1 Å². The van der Waals surface area contributed by atoms with Gasteiger partial charge in [0.15, 0.2) is 0 Å². The molecule has 122 valence electrons. The lowest BCUT2D eigenvalue weighted by molar-refractivity contribution is 0.0942. The fraction of sp³-hybridized carbons (Fsp3) is 0.133. The van der Waals surface area contributed by atoms with Crippen LogP contribution in [0.1, 0.15) is 22.3 Å². The van der Waals surface area contributed by atoms with E-state index in [4.69, 9.17) is 27.6 Å². The molecule has 1 aromatic carbocycles. The molecule has 3 aromatic rings. The van der Waals surface area contributed by atoms with Gasteiger partial charge in [0.1, 0.15) is 12.0 Å². The van der Waals surface area contributed by atoms with Gasteiger partial charge in [0.25, 0.3) is 5.91 Å². The van der Waals surface area contributed by atoms with Crippen LogP contribution in [-0.4, -0.2) is 26.1 Å². The zero-order valence-electron chi connectivity index (χ0n) is 12.5. The molecule has 0 spiro atoms. The number of carbonyl (C=O) groups is 1. The van der Waals surface area contributed by atoms with Crippen molar-refractivity contribution in [1.82, 2.24) is 25.5 Å². The molecule has 9 heteroatoms. The Morgan fingerprint density at radius 3 is 2.71 bits per heavy atom. The van der Waals surface area contributed by atoms with Crippen LogP contribution in [0.4, 0.5) is 0 Å². The summed E-state index contributed by atoms with van der Waals surface area (Å²) < 4.78 is 5.19. The molecule has 0 radical (unpaired) electrons. The standard InChI is InChI=1S/C15H11Cl2N5O2/c1-8-21-22-14(24-8)6-18-15(23)13-5-12(19-7-20-13)9-2-3-10(16)11(17)4-9/h2-5,7H,6H2,1H3,(H,18,23). The van der Waals surface area contributed by atoms with Crippen LogP contribution in [0, 0.1) is 6.92 Å². The fourth-order valence-electron chi connectivity index (χ4n) is 1.95. The third kappa shape index (κ3) is 3.69. The Labute approximate surface area is 147 Å². The summed E-state index contributed by atoms with van der Waals surface area (Å²) >= 11 is 11.9.